The number of amides is 1. The van der Waals surface area contributed by atoms with Crippen molar-refractivity contribution in [2.75, 3.05) is 11.9 Å². The van der Waals surface area contributed by atoms with Gasteiger partial charge in [0.25, 0.3) is 5.91 Å². The minimum Gasteiger partial charge on any atom is -0.359 e. The Morgan fingerprint density at radius 1 is 1.42 bits per heavy atom. The molecule has 0 aliphatic carbocycles. The van der Waals surface area contributed by atoms with E-state index in [0.717, 1.165) is 23.7 Å². The normalized spacial score (nSPS) is 16.0. The van der Waals surface area contributed by atoms with E-state index >= 15 is 0 Å². The number of fused-ring (bicyclic) bond motifs is 3. The van der Waals surface area contributed by atoms with Crippen molar-refractivity contribution >= 4 is 40.8 Å². The van der Waals surface area contributed by atoms with E-state index in [2.05, 4.69) is 22.5 Å². The molecular formula is C17H20N4O2S. The van der Waals surface area contributed by atoms with E-state index in [9.17, 15) is 9.59 Å². The second-order valence-corrected chi connectivity index (χ2v) is 6.24. The second-order valence-electron chi connectivity index (χ2n) is 5.87. The van der Waals surface area contributed by atoms with Crippen molar-refractivity contribution in [2.24, 2.45) is 0 Å². The summed E-state index contributed by atoms with van der Waals surface area (Å²) >= 11 is 5.25. The van der Waals surface area contributed by atoms with Gasteiger partial charge in [-0.15, -0.1) is 0 Å². The van der Waals surface area contributed by atoms with Crippen LogP contribution < -0.4 is 10.6 Å². The first-order valence-electron chi connectivity index (χ1n) is 8.21. The highest BCUT2D eigenvalue weighted by Crippen LogP contribution is 2.28. The number of rotatable bonds is 6. The largest absolute Gasteiger partial charge is 0.359 e. The van der Waals surface area contributed by atoms with E-state index in [4.69, 9.17) is 12.2 Å². The molecule has 1 amide bonds. The summed E-state index contributed by atoms with van der Waals surface area (Å²) in [5, 5.41) is 6.94. The summed E-state index contributed by atoms with van der Waals surface area (Å²) < 4.78 is 1.69. The van der Waals surface area contributed by atoms with Gasteiger partial charge in [-0.3, -0.25) is 9.59 Å². The Balaban J connectivity index is 1.74. The summed E-state index contributed by atoms with van der Waals surface area (Å²) in [4.78, 5) is 28.8. The molecule has 24 heavy (non-hydrogen) atoms. The number of benzene rings is 1. The highest BCUT2D eigenvalue weighted by Gasteiger charge is 2.31. The first-order valence-corrected chi connectivity index (χ1v) is 8.62. The Hall–Kier alpha value is -2.28. The maximum absolute atomic E-state index is 12.6. The van der Waals surface area contributed by atoms with Crippen molar-refractivity contribution in [3.8, 4) is 0 Å². The quantitative estimate of drug-likeness (QED) is 0.622. The third kappa shape index (κ3) is 3.17. The maximum atomic E-state index is 12.6. The average Bonchev–Trinajstić information content (AvgIpc) is 2.91. The van der Waals surface area contributed by atoms with E-state index in [-0.39, 0.29) is 16.6 Å². The lowest BCUT2D eigenvalue weighted by Crippen LogP contribution is -2.29. The Labute approximate surface area is 145 Å². The fourth-order valence-electron chi connectivity index (χ4n) is 2.83. The molecule has 2 N–H and O–H groups in total. The monoisotopic (exact) mass is 344 g/mol. The number of anilines is 1. The molecule has 0 saturated heterocycles. The number of unbranched alkanes of at least 4 members (excludes halogenated alkanes) is 1. The summed E-state index contributed by atoms with van der Waals surface area (Å²) in [6.45, 7) is 2.76. The number of hydrogen-bond donors (Lipinski definition) is 2. The molecule has 0 spiro atoms. The summed E-state index contributed by atoms with van der Waals surface area (Å²) in [5.41, 5.74) is 0.756. The predicted octanol–water partition coefficient (Wildman–Crippen LogP) is 2.90. The summed E-state index contributed by atoms with van der Waals surface area (Å²) in [5.74, 6) is 0.502. The van der Waals surface area contributed by atoms with Crippen molar-refractivity contribution in [3.63, 3.8) is 0 Å². The van der Waals surface area contributed by atoms with Crippen molar-refractivity contribution in [2.45, 2.75) is 38.6 Å². The van der Waals surface area contributed by atoms with Gasteiger partial charge in [-0.2, -0.15) is 0 Å². The third-order valence-electron chi connectivity index (χ3n) is 4.13. The zero-order chi connectivity index (χ0) is 17.1. The topological polar surface area (TPSA) is 76.0 Å². The van der Waals surface area contributed by atoms with Gasteiger partial charge in [-0.05, 0) is 37.2 Å². The minimum atomic E-state index is -0.448. The van der Waals surface area contributed by atoms with E-state index in [1.54, 1.807) is 0 Å². The molecule has 7 heteroatoms. The Bertz CT molecular complexity index is 846. The SMILES string of the molecule is CCCCNC(=O)CC[C@H]1Nc2c3ccccc3nc(=S)n2C1=O. The van der Waals surface area contributed by atoms with E-state index in [1.165, 1.54) is 4.57 Å². The maximum Gasteiger partial charge on any atom is 0.257 e. The molecule has 0 fully saturated rings. The molecule has 1 aliphatic rings. The van der Waals surface area contributed by atoms with Crippen LogP contribution in [0, 0.1) is 4.77 Å². The summed E-state index contributed by atoms with van der Waals surface area (Å²) in [6, 6.07) is 7.11. The molecular weight excluding hydrogens is 324 g/mol. The number of hydrogen-bond acceptors (Lipinski definition) is 5. The van der Waals surface area contributed by atoms with E-state index in [0.29, 0.717) is 25.2 Å². The van der Waals surface area contributed by atoms with Gasteiger partial charge in [-0.25, -0.2) is 9.55 Å². The minimum absolute atomic E-state index is 0.0272. The van der Waals surface area contributed by atoms with Gasteiger partial charge in [0, 0.05) is 18.4 Å². The van der Waals surface area contributed by atoms with Crippen LogP contribution in [0.4, 0.5) is 5.82 Å². The van der Waals surface area contributed by atoms with Crippen molar-refractivity contribution in [3.05, 3.63) is 29.0 Å². The molecule has 3 rings (SSSR count). The van der Waals surface area contributed by atoms with Gasteiger partial charge in [0.15, 0.2) is 0 Å². The number of aromatic nitrogens is 2. The molecule has 2 heterocycles. The highest BCUT2D eigenvalue weighted by atomic mass is 32.1. The van der Waals surface area contributed by atoms with Crippen molar-refractivity contribution in [1.29, 1.82) is 0 Å². The summed E-state index contributed by atoms with van der Waals surface area (Å²) in [7, 11) is 0. The molecule has 2 aromatic rings. The van der Waals surface area contributed by atoms with Crippen molar-refractivity contribution < 1.29 is 9.59 Å². The summed E-state index contributed by atoms with van der Waals surface area (Å²) in [6.07, 6.45) is 2.74. The van der Waals surface area contributed by atoms with Gasteiger partial charge in [-0.1, -0.05) is 25.5 Å². The molecule has 0 unspecified atom stereocenters. The molecule has 1 atom stereocenters. The number of carbonyl (C=O) groups is 2. The molecule has 6 nitrogen and oxygen atoms in total. The van der Waals surface area contributed by atoms with Crippen LogP contribution in [0.5, 0.6) is 0 Å². The van der Waals surface area contributed by atoms with Gasteiger partial charge in [0.05, 0.1) is 5.52 Å². The van der Waals surface area contributed by atoms with Gasteiger partial charge in [0.2, 0.25) is 10.7 Å². The molecule has 0 saturated carbocycles. The van der Waals surface area contributed by atoms with E-state index in [1.807, 2.05) is 24.3 Å². The zero-order valence-corrected chi connectivity index (χ0v) is 14.4. The lowest BCUT2D eigenvalue weighted by atomic mass is 10.1. The Morgan fingerprint density at radius 2 is 2.21 bits per heavy atom. The first kappa shape index (κ1) is 16.6. The average molecular weight is 344 g/mol. The van der Waals surface area contributed by atoms with Crippen LogP contribution in [0.25, 0.3) is 10.9 Å². The van der Waals surface area contributed by atoms with Crippen LogP contribution in [0.15, 0.2) is 24.3 Å². The first-order chi connectivity index (χ1) is 11.6. The highest BCUT2D eigenvalue weighted by molar-refractivity contribution is 7.71. The molecule has 0 bridgehead atoms. The molecule has 0 radical (unpaired) electrons. The standard InChI is InChI=1S/C17H20N4O2S/c1-2-3-10-18-14(22)9-8-13-16(23)21-15(19-13)11-6-4-5-7-12(11)20-17(21)24/h4-7,13,19H,2-3,8-10H2,1H3,(H,18,22)/t13-/m1/s1. The fourth-order valence-corrected chi connectivity index (χ4v) is 3.11. The number of carbonyl (C=O) groups excluding carboxylic acids is 2. The van der Waals surface area contributed by atoms with Crippen LogP contribution in [0.1, 0.15) is 37.4 Å². The van der Waals surface area contributed by atoms with Crippen LogP contribution in [-0.4, -0.2) is 34.0 Å². The Morgan fingerprint density at radius 3 is 3.00 bits per heavy atom. The van der Waals surface area contributed by atoms with Gasteiger partial charge < -0.3 is 10.6 Å². The van der Waals surface area contributed by atoms with E-state index < -0.39 is 6.04 Å². The van der Waals surface area contributed by atoms with Gasteiger partial charge in [0.1, 0.15) is 11.9 Å². The molecule has 1 aliphatic heterocycles. The predicted molar refractivity (Wildman–Crippen MR) is 95.8 cm³/mol. The van der Waals surface area contributed by atoms with Gasteiger partial charge >= 0.3 is 0 Å². The lowest BCUT2D eigenvalue weighted by Gasteiger charge is -2.09. The number of para-hydroxylation sites is 1. The molecule has 1 aromatic heterocycles. The van der Waals surface area contributed by atoms with Crippen LogP contribution in [0.2, 0.25) is 0 Å². The fraction of sp³-hybridized carbons (Fsp3) is 0.412. The number of nitrogens with zero attached hydrogens (tertiary/aromatic N) is 2. The van der Waals surface area contributed by atoms with Crippen LogP contribution >= 0.6 is 12.2 Å². The molecule has 126 valence electrons. The third-order valence-corrected chi connectivity index (χ3v) is 4.41. The van der Waals surface area contributed by atoms with Crippen molar-refractivity contribution in [1.82, 2.24) is 14.9 Å². The molecule has 1 aromatic carbocycles. The van der Waals surface area contributed by atoms with Crippen LogP contribution in [0.3, 0.4) is 0 Å². The second kappa shape index (κ2) is 7.09. The zero-order valence-electron chi connectivity index (χ0n) is 13.5. The lowest BCUT2D eigenvalue weighted by molar-refractivity contribution is -0.121. The Kier molecular flexibility index (Phi) is 4.89. The van der Waals surface area contributed by atoms with Crippen LogP contribution in [-0.2, 0) is 4.79 Å². The number of nitrogens with one attached hydrogen (secondary N) is 2. The smallest absolute Gasteiger partial charge is 0.257 e.